The number of halogens is 3. The van der Waals surface area contributed by atoms with Crippen molar-refractivity contribution in [1.29, 1.82) is 0 Å². The molecule has 0 saturated heterocycles. The first-order valence-electron chi connectivity index (χ1n) is 6.83. The third kappa shape index (κ3) is 5.28. The van der Waals surface area contributed by atoms with E-state index < -0.39 is 18.7 Å². The minimum atomic E-state index is -4.49. The highest BCUT2D eigenvalue weighted by Gasteiger charge is 2.29. The molecule has 0 spiro atoms. The van der Waals surface area contributed by atoms with Gasteiger partial charge in [-0.3, -0.25) is 4.79 Å². The van der Waals surface area contributed by atoms with E-state index in [4.69, 9.17) is 0 Å². The number of carbonyl (C=O) groups is 1. The third-order valence-corrected chi connectivity index (χ3v) is 2.96. The highest BCUT2D eigenvalue weighted by molar-refractivity contribution is 5.96. The number of hydrogen-bond donors (Lipinski definition) is 1. The number of carbonyl (C=O) groups excluding carboxylic acids is 1. The normalized spacial score (nSPS) is 11.1. The second kappa shape index (κ2) is 7.13. The Morgan fingerprint density at radius 2 is 1.91 bits per heavy atom. The standard InChI is InChI=1S/C16H15F3N2O2/c1-11-4-6-12(7-5-11)9-21-14(22)13-3-2-8-20-15(13)23-10-16(17,18)19/h2-8H,9-10H2,1H3,(H,21,22). The van der Waals surface area contributed by atoms with Crippen molar-refractivity contribution >= 4 is 5.91 Å². The van der Waals surface area contributed by atoms with Crippen molar-refractivity contribution in [3.05, 3.63) is 59.3 Å². The van der Waals surface area contributed by atoms with Gasteiger partial charge in [0, 0.05) is 12.7 Å². The molecule has 2 rings (SSSR count). The smallest absolute Gasteiger partial charge is 0.422 e. The molecule has 23 heavy (non-hydrogen) atoms. The zero-order chi connectivity index (χ0) is 16.9. The summed E-state index contributed by atoms with van der Waals surface area (Å²) in [5, 5.41) is 2.63. The molecule has 0 aliphatic heterocycles. The Bertz CT molecular complexity index is 670. The van der Waals surface area contributed by atoms with Crippen LogP contribution in [0.15, 0.2) is 42.6 Å². The zero-order valence-corrected chi connectivity index (χ0v) is 12.4. The van der Waals surface area contributed by atoms with Crippen LogP contribution < -0.4 is 10.1 Å². The van der Waals surface area contributed by atoms with E-state index in [1.54, 1.807) is 0 Å². The van der Waals surface area contributed by atoms with Crippen molar-refractivity contribution in [3.63, 3.8) is 0 Å². The lowest BCUT2D eigenvalue weighted by Crippen LogP contribution is -2.25. The molecule has 0 unspecified atom stereocenters. The van der Waals surface area contributed by atoms with Gasteiger partial charge in [0.15, 0.2) is 6.61 Å². The van der Waals surface area contributed by atoms with Gasteiger partial charge in [-0.1, -0.05) is 29.8 Å². The Kier molecular flexibility index (Phi) is 5.20. The van der Waals surface area contributed by atoms with Crippen molar-refractivity contribution in [2.45, 2.75) is 19.6 Å². The maximum absolute atomic E-state index is 12.2. The van der Waals surface area contributed by atoms with Gasteiger partial charge in [0.2, 0.25) is 5.88 Å². The molecule has 0 aliphatic carbocycles. The van der Waals surface area contributed by atoms with Crippen LogP contribution in [0.2, 0.25) is 0 Å². The number of alkyl halides is 3. The number of hydrogen-bond acceptors (Lipinski definition) is 3. The molecule has 1 aromatic heterocycles. The summed E-state index contributed by atoms with van der Waals surface area (Å²) in [6.07, 6.45) is -3.23. The van der Waals surface area contributed by atoms with Crippen LogP contribution in [-0.2, 0) is 6.54 Å². The summed E-state index contributed by atoms with van der Waals surface area (Å²) < 4.78 is 41.3. The minimum absolute atomic E-state index is 0.0381. The van der Waals surface area contributed by atoms with Gasteiger partial charge >= 0.3 is 6.18 Å². The molecule has 0 aliphatic rings. The van der Waals surface area contributed by atoms with E-state index in [1.165, 1.54) is 18.3 Å². The number of ether oxygens (including phenoxy) is 1. The maximum Gasteiger partial charge on any atom is 0.422 e. The summed E-state index contributed by atoms with van der Waals surface area (Å²) in [7, 11) is 0. The predicted octanol–water partition coefficient (Wildman–Crippen LogP) is 3.26. The van der Waals surface area contributed by atoms with Crippen LogP contribution in [0.3, 0.4) is 0 Å². The van der Waals surface area contributed by atoms with Crippen molar-refractivity contribution in [2.24, 2.45) is 0 Å². The molecule has 0 radical (unpaired) electrons. The molecular weight excluding hydrogens is 309 g/mol. The lowest BCUT2D eigenvalue weighted by atomic mass is 10.1. The van der Waals surface area contributed by atoms with Gasteiger partial charge in [0.1, 0.15) is 5.56 Å². The van der Waals surface area contributed by atoms with E-state index in [9.17, 15) is 18.0 Å². The first kappa shape index (κ1) is 16.8. The van der Waals surface area contributed by atoms with Gasteiger partial charge < -0.3 is 10.1 Å². The minimum Gasteiger partial charge on any atom is -0.467 e. The Labute approximate surface area is 131 Å². The molecule has 1 amide bonds. The molecule has 2 aromatic rings. The monoisotopic (exact) mass is 324 g/mol. The quantitative estimate of drug-likeness (QED) is 0.918. The fraction of sp³-hybridized carbons (Fsp3) is 0.250. The summed E-state index contributed by atoms with van der Waals surface area (Å²) in [5.41, 5.74) is 1.93. The average Bonchev–Trinajstić information content (AvgIpc) is 2.52. The van der Waals surface area contributed by atoms with E-state index in [2.05, 4.69) is 15.0 Å². The van der Waals surface area contributed by atoms with Crippen molar-refractivity contribution in [3.8, 4) is 5.88 Å². The van der Waals surface area contributed by atoms with E-state index in [0.29, 0.717) is 0 Å². The van der Waals surface area contributed by atoms with Crippen molar-refractivity contribution in [1.82, 2.24) is 10.3 Å². The van der Waals surface area contributed by atoms with Crippen LogP contribution in [0.1, 0.15) is 21.5 Å². The summed E-state index contributed by atoms with van der Waals surface area (Å²) in [6.45, 7) is 0.706. The molecule has 0 bridgehead atoms. The summed E-state index contributed by atoms with van der Waals surface area (Å²) in [5.74, 6) is -0.887. The van der Waals surface area contributed by atoms with Crippen molar-refractivity contribution < 1.29 is 22.7 Å². The molecule has 0 saturated carbocycles. The Morgan fingerprint density at radius 3 is 2.57 bits per heavy atom. The van der Waals surface area contributed by atoms with Crippen molar-refractivity contribution in [2.75, 3.05) is 6.61 Å². The average molecular weight is 324 g/mol. The first-order chi connectivity index (χ1) is 10.8. The second-order valence-electron chi connectivity index (χ2n) is 4.93. The number of aryl methyl sites for hydroxylation is 1. The number of rotatable bonds is 5. The van der Waals surface area contributed by atoms with Gasteiger partial charge in [-0.05, 0) is 24.6 Å². The van der Waals surface area contributed by atoms with Crippen LogP contribution in [0, 0.1) is 6.92 Å². The number of nitrogens with one attached hydrogen (secondary N) is 1. The number of nitrogens with zero attached hydrogens (tertiary/aromatic N) is 1. The van der Waals surface area contributed by atoms with E-state index in [0.717, 1.165) is 11.1 Å². The number of pyridine rings is 1. The van der Waals surface area contributed by atoms with E-state index in [1.807, 2.05) is 31.2 Å². The molecule has 1 aromatic carbocycles. The SMILES string of the molecule is Cc1ccc(CNC(=O)c2cccnc2OCC(F)(F)F)cc1. The maximum atomic E-state index is 12.2. The van der Waals surface area contributed by atoms with Crippen LogP contribution in [0.4, 0.5) is 13.2 Å². The van der Waals surface area contributed by atoms with Crippen LogP contribution >= 0.6 is 0 Å². The predicted molar refractivity (Wildman–Crippen MR) is 78.1 cm³/mol. The number of benzene rings is 1. The summed E-state index contributed by atoms with van der Waals surface area (Å²) in [4.78, 5) is 15.8. The topological polar surface area (TPSA) is 51.2 Å². The Balaban J connectivity index is 2.02. The number of amides is 1. The molecule has 1 N–H and O–H groups in total. The lowest BCUT2D eigenvalue weighted by Gasteiger charge is -2.12. The highest BCUT2D eigenvalue weighted by Crippen LogP contribution is 2.20. The highest BCUT2D eigenvalue weighted by atomic mass is 19.4. The van der Waals surface area contributed by atoms with Gasteiger partial charge in [-0.2, -0.15) is 13.2 Å². The van der Waals surface area contributed by atoms with Gasteiger partial charge in [-0.15, -0.1) is 0 Å². The molecule has 1 heterocycles. The molecule has 0 fully saturated rings. The summed E-state index contributed by atoms with van der Waals surface area (Å²) >= 11 is 0. The molecule has 0 atom stereocenters. The van der Waals surface area contributed by atoms with Crippen LogP contribution in [-0.4, -0.2) is 23.7 Å². The van der Waals surface area contributed by atoms with Crippen LogP contribution in [0.5, 0.6) is 5.88 Å². The van der Waals surface area contributed by atoms with Gasteiger partial charge in [-0.25, -0.2) is 4.98 Å². The third-order valence-electron chi connectivity index (χ3n) is 2.96. The van der Waals surface area contributed by atoms with E-state index >= 15 is 0 Å². The van der Waals surface area contributed by atoms with Gasteiger partial charge in [0.05, 0.1) is 0 Å². The second-order valence-corrected chi connectivity index (χ2v) is 4.93. The lowest BCUT2D eigenvalue weighted by molar-refractivity contribution is -0.154. The van der Waals surface area contributed by atoms with Crippen LogP contribution in [0.25, 0.3) is 0 Å². The van der Waals surface area contributed by atoms with Gasteiger partial charge in [0.25, 0.3) is 5.91 Å². The largest absolute Gasteiger partial charge is 0.467 e. The molecular formula is C16H15F3N2O2. The fourth-order valence-electron chi connectivity index (χ4n) is 1.81. The summed E-state index contributed by atoms with van der Waals surface area (Å²) in [6, 6.07) is 10.4. The molecule has 7 heteroatoms. The first-order valence-corrected chi connectivity index (χ1v) is 6.83. The Morgan fingerprint density at radius 1 is 1.22 bits per heavy atom. The fourth-order valence-corrected chi connectivity index (χ4v) is 1.81. The zero-order valence-electron chi connectivity index (χ0n) is 12.4. The molecule has 122 valence electrons. The Hall–Kier alpha value is -2.57. The van der Waals surface area contributed by atoms with E-state index in [-0.39, 0.29) is 18.0 Å². The molecule has 4 nitrogen and oxygen atoms in total. The number of aromatic nitrogens is 1.